The zero-order valence-corrected chi connectivity index (χ0v) is 10.4. The van der Waals surface area contributed by atoms with Crippen LogP contribution in [-0.4, -0.2) is 4.98 Å². The van der Waals surface area contributed by atoms with Crippen molar-refractivity contribution in [2.24, 2.45) is 0 Å². The molecule has 18 heavy (non-hydrogen) atoms. The molecule has 0 spiro atoms. The van der Waals surface area contributed by atoms with Crippen molar-refractivity contribution in [3.63, 3.8) is 0 Å². The molecule has 2 aromatic carbocycles. The Balaban J connectivity index is 2.31. The molecule has 0 aliphatic heterocycles. The second kappa shape index (κ2) is 4.19. The first kappa shape index (κ1) is 10.8. The zero-order valence-electron chi connectivity index (χ0n) is 10.4. The topological polar surface area (TPSA) is 15.8 Å². The minimum atomic E-state index is 1.19. The van der Waals surface area contributed by atoms with Crippen LogP contribution in [0.5, 0.6) is 0 Å². The highest BCUT2D eigenvalue weighted by Crippen LogP contribution is 2.28. The van der Waals surface area contributed by atoms with Gasteiger partial charge in [0.25, 0.3) is 0 Å². The number of benzene rings is 2. The van der Waals surface area contributed by atoms with Crippen LogP contribution in [0.1, 0.15) is 12.5 Å². The third-order valence-corrected chi connectivity index (χ3v) is 3.33. The maximum absolute atomic E-state index is 3.75. The maximum Gasteiger partial charge on any atom is 0.0465 e. The van der Waals surface area contributed by atoms with Gasteiger partial charge in [-0.15, -0.1) is 0 Å². The lowest BCUT2D eigenvalue weighted by Gasteiger charge is -2.01. The molecule has 0 saturated carbocycles. The van der Waals surface area contributed by atoms with Crippen LogP contribution in [0.4, 0.5) is 0 Å². The van der Waals surface area contributed by atoms with E-state index in [1.54, 1.807) is 0 Å². The number of aromatic amines is 1. The minimum absolute atomic E-state index is 1.19. The summed E-state index contributed by atoms with van der Waals surface area (Å²) in [4.78, 5) is 3.44. The van der Waals surface area contributed by atoms with Gasteiger partial charge in [-0.2, -0.15) is 0 Å². The van der Waals surface area contributed by atoms with Crippen molar-refractivity contribution in [3.8, 4) is 0 Å². The second-order valence-corrected chi connectivity index (χ2v) is 4.52. The van der Waals surface area contributed by atoms with Crippen molar-refractivity contribution in [1.82, 2.24) is 4.98 Å². The lowest BCUT2D eigenvalue weighted by atomic mass is 10.0. The van der Waals surface area contributed by atoms with Gasteiger partial charge in [0.2, 0.25) is 0 Å². The first-order valence-corrected chi connectivity index (χ1v) is 6.10. The summed E-state index contributed by atoms with van der Waals surface area (Å²) < 4.78 is 0. The van der Waals surface area contributed by atoms with Gasteiger partial charge in [0.15, 0.2) is 0 Å². The minimum Gasteiger partial charge on any atom is -0.355 e. The number of para-hydroxylation sites is 1. The van der Waals surface area contributed by atoms with E-state index >= 15 is 0 Å². The summed E-state index contributed by atoms with van der Waals surface area (Å²) >= 11 is 0. The van der Waals surface area contributed by atoms with Crippen molar-refractivity contribution in [2.45, 2.75) is 6.92 Å². The molecule has 0 aliphatic carbocycles. The second-order valence-electron chi connectivity index (χ2n) is 4.52. The molecule has 0 unspecified atom stereocenters. The van der Waals surface area contributed by atoms with Gasteiger partial charge in [-0.05, 0) is 36.3 Å². The van der Waals surface area contributed by atoms with Gasteiger partial charge < -0.3 is 4.98 Å². The van der Waals surface area contributed by atoms with E-state index in [2.05, 4.69) is 61.0 Å². The molecular formula is C17H15N. The van der Waals surface area contributed by atoms with Crippen LogP contribution in [0.25, 0.3) is 27.4 Å². The number of hydrogen-bond acceptors (Lipinski definition) is 0. The van der Waals surface area contributed by atoms with Crippen LogP contribution in [0.15, 0.2) is 61.2 Å². The molecule has 0 aliphatic rings. The number of allylic oxidation sites excluding steroid dienone is 3. The highest BCUT2D eigenvalue weighted by Gasteiger charge is 2.04. The van der Waals surface area contributed by atoms with Gasteiger partial charge in [-0.3, -0.25) is 0 Å². The van der Waals surface area contributed by atoms with Crippen molar-refractivity contribution < 1.29 is 0 Å². The van der Waals surface area contributed by atoms with Crippen LogP contribution in [0, 0.1) is 0 Å². The number of fused-ring (bicyclic) bond motifs is 3. The van der Waals surface area contributed by atoms with E-state index in [1.807, 2.05) is 12.2 Å². The SMILES string of the molecule is C=C/C=C(\C)c1ccc2[nH]c3ccccc3c2c1. The number of H-pyrrole nitrogens is 1. The van der Waals surface area contributed by atoms with E-state index in [0.717, 1.165) is 0 Å². The molecular weight excluding hydrogens is 218 g/mol. The average Bonchev–Trinajstić information content (AvgIpc) is 2.76. The molecule has 0 amide bonds. The maximum atomic E-state index is 3.75. The number of hydrogen-bond donors (Lipinski definition) is 1. The molecule has 3 rings (SSSR count). The van der Waals surface area contributed by atoms with Crippen molar-refractivity contribution in [3.05, 3.63) is 66.8 Å². The predicted octanol–water partition coefficient (Wildman–Crippen LogP) is 4.91. The van der Waals surface area contributed by atoms with Crippen molar-refractivity contribution in [2.75, 3.05) is 0 Å². The molecule has 1 nitrogen and oxygen atoms in total. The molecule has 1 N–H and O–H groups in total. The van der Waals surface area contributed by atoms with Crippen molar-refractivity contribution in [1.29, 1.82) is 0 Å². The lowest BCUT2D eigenvalue weighted by molar-refractivity contribution is 1.53. The van der Waals surface area contributed by atoms with E-state index in [1.165, 1.54) is 32.9 Å². The summed E-state index contributed by atoms with van der Waals surface area (Å²) in [6.07, 6.45) is 3.87. The Bertz CT molecular complexity index is 759. The van der Waals surface area contributed by atoms with Crippen LogP contribution >= 0.6 is 0 Å². The Hall–Kier alpha value is -2.28. The molecule has 1 heterocycles. The highest BCUT2D eigenvalue weighted by atomic mass is 14.7. The molecule has 1 aromatic heterocycles. The van der Waals surface area contributed by atoms with E-state index in [0.29, 0.717) is 0 Å². The van der Waals surface area contributed by atoms with Crippen LogP contribution in [0.3, 0.4) is 0 Å². The third-order valence-electron chi connectivity index (χ3n) is 3.33. The van der Waals surface area contributed by atoms with Gasteiger partial charge >= 0.3 is 0 Å². The fourth-order valence-electron chi connectivity index (χ4n) is 2.37. The largest absolute Gasteiger partial charge is 0.355 e. The molecule has 88 valence electrons. The summed E-state index contributed by atoms with van der Waals surface area (Å²) in [6, 6.07) is 14.9. The van der Waals surface area contributed by atoms with Gasteiger partial charge in [-0.25, -0.2) is 0 Å². The molecule has 0 radical (unpaired) electrons. The molecule has 3 aromatic rings. The quantitative estimate of drug-likeness (QED) is 0.605. The smallest absolute Gasteiger partial charge is 0.0465 e. The van der Waals surface area contributed by atoms with Crippen LogP contribution in [0.2, 0.25) is 0 Å². The van der Waals surface area contributed by atoms with Gasteiger partial charge in [0, 0.05) is 21.8 Å². The standard InChI is InChI=1S/C17H15N/c1-3-6-12(2)13-9-10-17-15(11-13)14-7-4-5-8-16(14)18-17/h3-11,18H,1H2,2H3/b12-6+. The van der Waals surface area contributed by atoms with E-state index < -0.39 is 0 Å². The molecule has 1 heteroatoms. The van der Waals surface area contributed by atoms with Gasteiger partial charge in [-0.1, -0.05) is 43.0 Å². The van der Waals surface area contributed by atoms with Gasteiger partial charge in [0.05, 0.1) is 0 Å². The summed E-state index contributed by atoms with van der Waals surface area (Å²) in [7, 11) is 0. The first-order chi connectivity index (χ1) is 8.79. The van der Waals surface area contributed by atoms with Gasteiger partial charge in [0.1, 0.15) is 0 Å². The Morgan fingerprint density at radius 3 is 2.67 bits per heavy atom. The zero-order chi connectivity index (χ0) is 12.5. The average molecular weight is 233 g/mol. The Morgan fingerprint density at radius 2 is 1.83 bits per heavy atom. The predicted molar refractivity (Wildman–Crippen MR) is 79.7 cm³/mol. The summed E-state index contributed by atoms with van der Waals surface area (Å²) in [6.45, 7) is 5.85. The van der Waals surface area contributed by atoms with E-state index in [9.17, 15) is 0 Å². The first-order valence-electron chi connectivity index (χ1n) is 6.10. The fraction of sp³-hybridized carbons (Fsp3) is 0.0588. The highest BCUT2D eigenvalue weighted by molar-refractivity contribution is 6.07. The Morgan fingerprint density at radius 1 is 1.06 bits per heavy atom. The molecule has 0 bridgehead atoms. The summed E-state index contributed by atoms with van der Waals surface area (Å²) in [5, 5.41) is 2.56. The third kappa shape index (κ3) is 1.65. The van der Waals surface area contributed by atoms with E-state index in [4.69, 9.17) is 0 Å². The molecule has 0 saturated heterocycles. The summed E-state index contributed by atoms with van der Waals surface area (Å²) in [5.74, 6) is 0. The van der Waals surface area contributed by atoms with Crippen molar-refractivity contribution >= 4 is 27.4 Å². The van der Waals surface area contributed by atoms with E-state index in [-0.39, 0.29) is 0 Å². The van der Waals surface area contributed by atoms with Crippen LogP contribution < -0.4 is 0 Å². The number of aromatic nitrogens is 1. The van der Waals surface area contributed by atoms with Crippen LogP contribution in [-0.2, 0) is 0 Å². The Kier molecular flexibility index (Phi) is 2.52. The lowest BCUT2D eigenvalue weighted by Crippen LogP contribution is -1.78. The monoisotopic (exact) mass is 233 g/mol. The summed E-state index contributed by atoms with van der Waals surface area (Å²) in [5.41, 5.74) is 4.85. The Labute approximate surface area is 106 Å². The molecule has 0 atom stereocenters. The number of nitrogens with one attached hydrogen (secondary N) is 1. The molecule has 0 fully saturated rings. The fourth-order valence-corrected chi connectivity index (χ4v) is 2.37. The normalized spacial score (nSPS) is 12.2. The number of rotatable bonds is 2.